The Balaban J connectivity index is 0. The molecule has 0 aliphatic rings. The Bertz CT molecular complexity index is 68.6. The van der Waals surface area contributed by atoms with Gasteiger partial charge in [0, 0.05) is 7.05 Å². The van der Waals surface area contributed by atoms with Crippen LogP contribution in [-0.2, 0) is 4.65 Å². The molecule has 0 aromatic rings. The van der Waals surface area contributed by atoms with Crippen LogP contribution in [0, 0.1) is 6.65 Å². The third-order valence-electron chi connectivity index (χ3n) is 0.246. The van der Waals surface area contributed by atoms with Gasteiger partial charge in [0.15, 0.2) is 0 Å². The molecule has 0 aliphatic heterocycles. The number of hydrogen-bond donors (Lipinski definition) is 2. The number of urea groups is 1. The first-order valence-electron chi connectivity index (χ1n) is 1.45. The number of nitrogens with one attached hydrogen (secondary N) is 1. The van der Waals surface area contributed by atoms with Crippen LogP contribution in [0.5, 0.6) is 0 Å². The topological polar surface area (TPSA) is 75.0 Å². The van der Waals surface area contributed by atoms with Gasteiger partial charge in [0.1, 0.15) is 0 Å². The molecule has 0 saturated heterocycles. The third kappa shape index (κ3) is 44.5. The summed E-state index contributed by atoms with van der Waals surface area (Å²) < 4.78 is 7.50. The summed E-state index contributed by atoms with van der Waals surface area (Å²) in [6.45, 7) is 4.50. The number of primary amides is 1. The monoisotopic (exact) mass is 102 g/mol. The first kappa shape index (κ1) is 9.38. The predicted molar refractivity (Wildman–Crippen MR) is 22.6 cm³/mol. The molecular formula is C3H6N2O2. The molecule has 7 heavy (non-hydrogen) atoms. The van der Waals surface area contributed by atoms with E-state index < -0.39 is 6.03 Å². The zero-order valence-corrected chi connectivity index (χ0v) is 3.89. The number of hydrogen-bond acceptors (Lipinski definition) is 1. The van der Waals surface area contributed by atoms with E-state index in [0.717, 1.165) is 0 Å². The van der Waals surface area contributed by atoms with Crippen molar-refractivity contribution >= 4 is 6.03 Å². The minimum absolute atomic E-state index is 0.495. The predicted octanol–water partition coefficient (Wildman–Crippen LogP) is -0.753. The number of carbonyl (C=O) groups is 1. The van der Waals surface area contributed by atoms with Gasteiger partial charge in [-0.2, -0.15) is 0 Å². The van der Waals surface area contributed by atoms with Gasteiger partial charge in [-0.1, -0.05) is 0 Å². The summed E-state index contributed by atoms with van der Waals surface area (Å²) in [6.07, 6.45) is 0. The summed E-state index contributed by atoms with van der Waals surface area (Å²) in [6, 6.07) is -0.495. The molecule has 0 aliphatic carbocycles. The standard InChI is InChI=1S/C2H6N2O.CO/c1-4-2(3)5;1-2/h1H3,(H3,3,4,5);. The SMILES string of the molecule is CNC(N)=O.[C-]#[O+]. The molecule has 0 bridgehead atoms. The third-order valence-corrected chi connectivity index (χ3v) is 0.246. The van der Waals surface area contributed by atoms with Crippen molar-refractivity contribution in [3.8, 4) is 0 Å². The quantitative estimate of drug-likeness (QED) is 0.306. The first-order valence-corrected chi connectivity index (χ1v) is 1.45. The van der Waals surface area contributed by atoms with E-state index in [4.69, 9.17) is 4.65 Å². The van der Waals surface area contributed by atoms with Gasteiger partial charge in [-0.25, -0.2) is 4.79 Å². The molecule has 40 valence electrons. The number of amides is 2. The fourth-order valence-corrected chi connectivity index (χ4v) is 0. The van der Waals surface area contributed by atoms with Gasteiger partial charge in [-0.3, -0.25) is 0 Å². The molecule has 4 heteroatoms. The molecule has 0 unspecified atom stereocenters. The van der Waals surface area contributed by atoms with Gasteiger partial charge in [-0.05, 0) is 0 Å². The Labute approximate surface area is 41.4 Å². The summed E-state index contributed by atoms with van der Waals surface area (Å²) in [7, 11) is 1.47. The Morgan fingerprint density at radius 1 is 1.86 bits per heavy atom. The van der Waals surface area contributed by atoms with Crippen molar-refractivity contribution in [3.05, 3.63) is 6.65 Å². The van der Waals surface area contributed by atoms with Crippen LogP contribution in [0.1, 0.15) is 0 Å². The Morgan fingerprint density at radius 2 is 2.00 bits per heavy atom. The minimum atomic E-state index is -0.495. The van der Waals surface area contributed by atoms with Crippen LogP contribution in [0.4, 0.5) is 4.79 Å². The van der Waals surface area contributed by atoms with E-state index in [-0.39, 0.29) is 0 Å². The summed E-state index contributed by atoms with van der Waals surface area (Å²) >= 11 is 0. The number of rotatable bonds is 0. The summed E-state index contributed by atoms with van der Waals surface area (Å²) in [5.41, 5.74) is 4.54. The van der Waals surface area contributed by atoms with Crippen molar-refractivity contribution < 1.29 is 9.45 Å². The zero-order chi connectivity index (χ0) is 6.28. The van der Waals surface area contributed by atoms with Crippen molar-refractivity contribution in [2.24, 2.45) is 5.73 Å². The zero-order valence-electron chi connectivity index (χ0n) is 3.89. The van der Waals surface area contributed by atoms with Crippen LogP contribution in [-0.4, -0.2) is 13.1 Å². The molecule has 0 saturated carbocycles. The van der Waals surface area contributed by atoms with Crippen molar-refractivity contribution in [2.75, 3.05) is 7.05 Å². The van der Waals surface area contributed by atoms with E-state index in [0.29, 0.717) is 0 Å². The van der Waals surface area contributed by atoms with Crippen molar-refractivity contribution in [3.63, 3.8) is 0 Å². The van der Waals surface area contributed by atoms with Crippen LogP contribution in [0.25, 0.3) is 0 Å². The molecule has 2 amide bonds. The average molecular weight is 102 g/mol. The maximum atomic E-state index is 9.48. The van der Waals surface area contributed by atoms with E-state index in [1.165, 1.54) is 7.05 Å². The van der Waals surface area contributed by atoms with Gasteiger partial charge in [0.05, 0.1) is 0 Å². The molecular weight excluding hydrogens is 96.0 g/mol. The van der Waals surface area contributed by atoms with Crippen molar-refractivity contribution in [1.29, 1.82) is 0 Å². The molecule has 4 nitrogen and oxygen atoms in total. The normalized spacial score (nSPS) is 5.00. The van der Waals surface area contributed by atoms with E-state index in [1.807, 2.05) is 0 Å². The van der Waals surface area contributed by atoms with Crippen LogP contribution < -0.4 is 11.1 Å². The molecule has 0 rings (SSSR count). The summed E-state index contributed by atoms with van der Waals surface area (Å²) in [5.74, 6) is 0. The van der Waals surface area contributed by atoms with Crippen molar-refractivity contribution in [2.45, 2.75) is 0 Å². The van der Waals surface area contributed by atoms with Crippen LogP contribution in [0.15, 0.2) is 0 Å². The van der Waals surface area contributed by atoms with Crippen molar-refractivity contribution in [1.82, 2.24) is 5.32 Å². The molecule has 0 aromatic heterocycles. The van der Waals surface area contributed by atoms with E-state index in [9.17, 15) is 4.79 Å². The van der Waals surface area contributed by atoms with Gasteiger partial charge in [-0.15, -0.1) is 0 Å². The second kappa shape index (κ2) is 8.89. The van der Waals surface area contributed by atoms with E-state index >= 15 is 0 Å². The Kier molecular flexibility index (Phi) is 11.9. The van der Waals surface area contributed by atoms with E-state index in [1.54, 1.807) is 0 Å². The van der Waals surface area contributed by atoms with Gasteiger partial charge >= 0.3 is 17.3 Å². The van der Waals surface area contributed by atoms with Crippen LogP contribution in [0.3, 0.4) is 0 Å². The summed E-state index contributed by atoms with van der Waals surface area (Å²) in [4.78, 5) is 9.48. The first-order chi connectivity index (χ1) is 3.27. The molecule has 3 N–H and O–H groups in total. The molecule has 0 radical (unpaired) electrons. The van der Waals surface area contributed by atoms with E-state index in [2.05, 4.69) is 17.7 Å². The second-order valence-corrected chi connectivity index (χ2v) is 0.614. The fourth-order valence-electron chi connectivity index (χ4n) is 0. The van der Waals surface area contributed by atoms with Gasteiger partial charge < -0.3 is 11.1 Å². The van der Waals surface area contributed by atoms with Crippen LogP contribution in [0.2, 0.25) is 0 Å². The van der Waals surface area contributed by atoms with Crippen LogP contribution >= 0.6 is 0 Å². The molecule has 0 heterocycles. The maximum absolute atomic E-state index is 9.48. The number of carbonyl (C=O) groups excluding carboxylic acids is 1. The Morgan fingerprint density at radius 3 is 2.00 bits per heavy atom. The van der Waals surface area contributed by atoms with Gasteiger partial charge in [0.2, 0.25) is 0 Å². The second-order valence-electron chi connectivity index (χ2n) is 0.614. The fraction of sp³-hybridized carbons (Fsp3) is 0.333. The van der Waals surface area contributed by atoms with Gasteiger partial charge in [0.25, 0.3) is 0 Å². The number of nitrogens with two attached hydrogens (primary N) is 1. The molecule has 0 spiro atoms. The molecule has 0 aromatic carbocycles. The Hall–Kier alpha value is -0.990. The molecule has 0 atom stereocenters. The average Bonchev–Trinajstić information content (AvgIpc) is 1.73. The molecule has 0 fully saturated rings. The summed E-state index contributed by atoms with van der Waals surface area (Å²) in [5, 5.41) is 2.17.